The molecule has 0 fully saturated rings. The first-order valence-corrected chi connectivity index (χ1v) is 23.9. The van der Waals surface area contributed by atoms with Crippen molar-refractivity contribution in [2.24, 2.45) is 17.2 Å². The van der Waals surface area contributed by atoms with Crippen molar-refractivity contribution in [3.8, 4) is 6.07 Å². The second-order valence-corrected chi connectivity index (χ2v) is 19.8. The van der Waals surface area contributed by atoms with E-state index in [1.165, 1.54) is 12.7 Å². The van der Waals surface area contributed by atoms with Crippen LogP contribution in [0.5, 0.6) is 0 Å². The van der Waals surface area contributed by atoms with Crippen LogP contribution in [0.1, 0.15) is 160 Å². The van der Waals surface area contributed by atoms with Crippen molar-refractivity contribution in [2.45, 2.75) is 118 Å². The van der Waals surface area contributed by atoms with E-state index in [9.17, 15) is 19.2 Å². The maximum absolute atomic E-state index is 11.6. The van der Waals surface area contributed by atoms with Crippen LogP contribution in [0, 0.1) is 11.3 Å². The average Bonchev–Trinajstić information content (AvgIpc) is 3.28. The molecule has 0 saturated carbocycles. The maximum Gasteiger partial charge on any atom is 0.408 e. The number of carboxylic acids is 1. The summed E-state index contributed by atoms with van der Waals surface area (Å²) < 4.78 is 17.0. The van der Waals surface area contributed by atoms with Gasteiger partial charge >= 0.3 is 24.1 Å². The fourth-order valence-electron chi connectivity index (χ4n) is 5.47. The summed E-state index contributed by atoms with van der Waals surface area (Å²) in [4.78, 5) is 44.6. The number of carbonyl (C=O) groups excluding carboxylic acids is 3. The third kappa shape index (κ3) is 28.0. The molecule has 0 aliphatic rings. The third-order valence-electron chi connectivity index (χ3n) is 9.31. The van der Waals surface area contributed by atoms with Crippen molar-refractivity contribution in [3.05, 3.63) is 175 Å². The summed E-state index contributed by atoms with van der Waals surface area (Å²) in [6.45, 7) is 20.5. The summed E-state index contributed by atoms with van der Waals surface area (Å²) in [6.07, 6.45) is -0.840. The Bertz CT molecular complexity index is 2400. The van der Waals surface area contributed by atoms with E-state index in [1.807, 2.05) is 149 Å². The predicted octanol–water partition coefficient (Wildman–Crippen LogP) is 13.0. The number of benzene rings is 5. The molecule has 14 nitrogen and oxygen atoms in total. The van der Waals surface area contributed by atoms with E-state index in [2.05, 4.69) is 53.3 Å². The second-order valence-electron chi connectivity index (χ2n) is 18.0. The lowest BCUT2D eigenvalue weighted by molar-refractivity contribution is 0.0496. The first-order chi connectivity index (χ1) is 32.5. The molecular weight excluding hydrogens is 1060 g/mol. The van der Waals surface area contributed by atoms with E-state index in [0.29, 0.717) is 16.7 Å². The van der Waals surface area contributed by atoms with Gasteiger partial charge in [-0.1, -0.05) is 92.5 Å². The van der Waals surface area contributed by atoms with Crippen LogP contribution >= 0.6 is 44.3 Å². The highest BCUT2D eigenvalue weighted by atomic mass is 79.9. The number of nitriles is 1. The Hall–Kier alpha value is -5.80. The molecule has 0 heterocycles. The number of rotatable bonds is 9. The number of nitrogens with one attached hydrogen (secondary N) is 2. The number of amides is 2. The molecule has 0 aliphatic heterocycles. The summed E-state index contributed by atoms with van der Waals surface area (Å²) in [5.41, 5.74) is 22.5. The number of carbonyl (C=O) groups is 4. The quantitative estimate of drug-likeness (QED) is 0.0596. The Labute approximate surface area is 443 Å². The molecule has 5 aromatic rings. The summed E-state index contributed by atoms with van der Waals surface area (Å²) >= 11 is 6.73. The largest absolute Gasteiger partial charge is 0.478 e. The molecule has 71 heavy (non-hydrogen) atoms. The van der Waals surface area contributed by atoms with Crippen LogP contribution in [-0.4, -0.2) is 47.5 Å². The average molecular weight is 1130 g/mol. The molecule has 0 aromatic heterocycles. The lowest BCUT2D eigenvalue weighted by Crippen LogP contribution is -2.34. The maximum atomic E-state index is 11.6. The number of aromatic carboxylic acids is 1. The number of halogens is 3. The molecule has 0 saturated heterocycles. The highest BCUT2D eigenvalue weighted by molar-refractivity contribution is 9.10. The molecule has 0 aliphatic carbocycles. The Morgan fingerprint density at radius 1 is 0.535 bits per heavy atom. The van der Waals surface area contributed by atoms with Crippen molar-refractivity contribution >= 4 is 68.4 Å². The number of methoxy groups -OCH3 is 1. The number of ether oxygens (including phenoxy) is 3. The lowest BCUT2D eigenvalue weighted by atomic mass is 10.1. The van der Waals surface area contributed by atoms with E-state index in [0.717, 1.165) is 31.2 Å². The summed E-state index contributed by atoms with van der Waals surface area (Å²) in [7, 11) is 1.36. The van der Waals surface area contributed by atoms with E-state index >= 15 is 0 Å². The minimum Gasteiger partial charge on any atom is -0.478 e. The number of alkyl carbamates (subject to hydrolysis) is 2. The molecule has 5 rings (SSSR count). The predicted molar refractivity (Wildman–Crippen MR) is 291 cm³/mol. The van der Waals surface area contributed by atoms with Crippen LogP contribution in [-0.2, 0) is 14.2 Å². The van der Waals surface area contributed by atoms with Crippen LogP contribution in [0.25, 0.3) is 0 Å². The SMILES string of the molecule is COC(=O)c1ccc([C@H](C)N)cc1.C[C@H](N)c1ccc(Br)cc1.C[C@H](N)c1ccc(C(=O)O)cc1.C[C@H](NC(=O)OC(C)(C)C)c1ccc(Br)cc1.C[C@H](NC(=O)OC(C)(C)C)c1ccc(C#N)cc1.Cl. The van der Waals surface area contributed by atoms with E-state index in [-0.39, 0.29) is 48.6 Å². The van der Waals surface area contributed by atoms with Crippen LogP contribution in [0.15, 0.2) is 130 Å². The standard InChI is InChI=1S/C14H18N2O2.C13H18BrNO2.C10H13NO2.C9H11NO2.C8H10BrN.ClH/c1-10(16-13(17)18-14(2,3)4)12-7-5-11(9-15)6-8-12;1-9(10-5-7-11(14)8-6-10)15-12(16)17-13(2,3)4;1-7(11)8-3-5-9(6-4-8)10(12)13-2;1-6(10)7-2-4-8(5-3-7)9(11)12;1-6(10)7-2-4-8(9)5-3-7;/h5-8,10H,1-4H3,(H,16,17);5-9H,1-4H3,(H,15,16);3-7H,11H2,1-2H3;2-6H,10H2,1H3,(H,11,12);2-6H,10H2,1H3;1H/t10-;9-;7-;2*6-;/m00000./s1. The molecule has 386 valence electrons. The Morgan fingerprint density at radius 2 is 0.817 bits per heavy atom. The van der Waals surface area contributed by atoms with Gasteiger partial charge in [0, 0.05) is 27.1 Å². The Kier molecular flexibility index (Phi) is 29.6. The zero-order valence-electron chi connectivity index (χ0n) is 42.6. The fourth-order valence-corrected chi connectivity index (χ4v) is 6.00. The van der Waals surface area contributed by atoms with Crippen molar-refractivity contribution in [1.82, 2.24) is 10.6 Å². The fraction of sp³-hybridized carbons (Fsp3) is 0.352. The first-order valence-electron chi connectivity index (χ1n) is 22.3. The Morgan fingerprint density at radius 3 is 1.08 bits per heavy atom. The van der Waals surface area contributed by atoms with Crippen molar-refractivity contribution in [2.75, 3.05) is 7.11 Å². The molecule has 2 amide bonds. The zero-order valence-corrected chi connectivity index (χ0v) is 46.6. The number of esters is 1. The molecular formula is C54H71Br2ClN6O8. The molecule has 0 radical (unpaired) electrons. The first kappa shape index (κ1) is 65.2. The Balaban J connectivity index is 0.000000872. The molecule has 0 unspecified atom stereocenters. The van der Waals surface area contributed by atoms with Gasteiger partial charge in [-0.25, -0.2) is 19.2 Å². The number of nitrogens with two attached hydrogens (primary N) is 3. The van der Waals surface area contributed by atoms with Gasteiger partial charge in [-0.05, 0) is 165 Å². The van der Waals surface area contributed by atoms with E-state index in [4.69, 9.17) is 37.0 Å². The van der Waals surface area contributed by atoms with Gasteiger partial charge in [-0.15, -0.1) is 12.4 Å². The highest BCUT2D eigenvalue weighted by Crippen LogP contribution is 2.19. The minimum atomic E-state index is -0.911. The normalized spacial score (nSPS) is 12.5. The molecule has 5 aromatic carbocycles. The van der Waals surface area contributed by atoms with E-state index in [1.54, 1.807) is 48.5 Å². The van der Waals surface area contributed by atoms with Crippen molar-refractivity contribution in [3.63, 3.8) is 0 Å². The van der Waals surface area contributed by atoms with Crippen molar-refractivity contribution < 1.29 is 38.5 Å². The zero-order chi connectivity index (χ0) is 53.4. The number of carboxylic acid groups (broad SMARTS) is 1. The van der Waals surface area contributed by atoms with Gasteiger partial charge in [-0.3, -0.25) is 0 Å². The topological polar surface area (TPSA) is 242 Å². The van der Waals surface area contributed by atoms with Crippen LogP contribution in [0.2, 0.25) is 0 Å². The molecule has 0 bridgehead atoms. The third-order valence-corrected chi connectivity index (χ3v) is 10.4. The lowest BCUT2D eigenvalue weighted by Gasteiger charge is -2.22. The van der Waals surface area contributed by atoms with Crippen LogP contribution in [0.3, 0.4) is 0 Å². The van der Waals surface area contributed by atoms with Crippen molar-refractivity contribution in [1.29, 1.82) is 5.26 Å². The van der Waals surface area contributed by atoms with Gasteiger partial charge in [0.25, 0.3) is 0 Å². The van der Waals surface area contributed by atoms with Gasteiger partial charge in [0.05, 0.1) is 42.0 Å². The van der Waals surface area contributed by atoms with Gasteiger partial charge in [-0.2, -0.15) is 5.26 Å². The minimum absolute atomic E-state index is 0. The van der Waals surface area contributed by atoms with Crippen LogP contribution in [0.4, 0.5) is 9.59 Å². The van der Waals surface area contributed by atoms with Gasteiger partial charge < -0.3 is 47.2 Å². The summed E-state index contributed by atoms with van der Waals surface area (Å²) in [5.74, 6) is -1.23. The van der Waals surface area contributed by atoms with Crippen LogP contribution < -0.4 is 27.8 Å². The molecule has 0 spiro atoms. The molecule has 17 heteroatoms. The molecule has 5 atom stereocenters. The highest BCUT2D eigenvalue weighted by Gasteiger charge is 2.19. The summed E-state index contributed by atoms with van der Waals surface area (Å²) in [5, 5.41) is 22.8. The van der Waals surface area contributed by atoms with Gasteiger partial charge in [0.15, 0.2) is 0 Å². The smallest absolute Gasteiger partial charge is 0.408 e. The summed E-state index contributed by atoms with van der Waals surface area (Å²) in [6, 6.07) is 38.5. The van der Waals surface area contributed by atoms with Gasteiger partial charge in [0.2, 0.25) is 0 Å². The van der Waals surface area contributed by atoms with E-state index < -0.39 is 29.4 Å². The molecule has 9 N–H and O–H groups in total. The van der Waals surface area contributed by atoms with Gasteiger partial charge in [0.1, 0.15) is 11.2 Å². The second kappa shape index (κ2) is 32.2. The monoisotopic (exact) mass is 1120 g/mol. The number of hydrogen-bond donors (Lipinski definition) is 6. The number of hydrogen-bond acceptors (Lipinski definition) is 11. The number of nitrogens with zero attached hydrogens (tertiary/aromatic N) is 1.